The standard InChI is InChI=1S/C14H21NO4/c1-18-10-8-15(7-9-16)11-14(17)12-3-5-13(19-2)6-4-12/h3-6,16H,7-11H2,1-2H3. The van der Waals surface area contributed by atoms with E-state index in [9.17, 15) is 4.79 Å². The topological polar surface area (TPSA) is 59.0 Å². The van der Waals surface area contributed by atoms with Crippen molar-refractivity contribution in [3.05, 3.63) is 29.8 Å². The molecule has 1 aromatic rings. The van der Waals surface area contributed by atoms with Crippen LogP contribution in [0.4, 0.5) is 0 Å². The molecule has 0 spiro atoms. The highest BCUT2D eigenvalue weighted by molar-refractivity contribution is 5.97. The molecule has 0 aliphatic rings. The minimum atomic E-state index is 0.0206. The van der Waals surface area contributed by atoms with Gasteiger partial charge in [0, 0.05) is 25.8 Å². The number of nitrogens with zero attached hydrogens (tertiary/aromatic N) is 1. The number of Topliss-reactive ketones (excluding diaryl/α,β-unsaturated/α-hetero) is 1. The van der Waals surface area contributed by atoms with E-state index in [1.807, 2.05) is 4.90 Å². The lowest BCUT2D eigenvalue weighted by atomic mass is 10.1. The third kappa shape index (κ3) is 5.38. The Morgan fingerprint density at radius 1 is 1.21 bits per heavy atom. The van der Waals surface area contributed by atoms with Crippen LogP contribution >= 0.6 is 0 Å². The second-order valence-electron chi connectivity index (χ2n) is 4.14. The molecule has 0 radical (unpaired) electrons. The quantitative estimate of drug-likeness (QED) is 0.671. The number of aliphatic hydroxyl groups is 1. The SMILES string of the molecule is COCCN(CCO)CC(=O)c1ccc(OC)cc1. The third-order valence-electron chi connectivity index (χ3n) is 2.81. The summed E-state index contributed by atoms with van der Waals surface area (Å²) < 4.78 is 10.0. The molecule has 0 amide bonds. The monoisotopic (exact) mass is 267 g/mol. The van der Waals surface area contributed by atoms with Gasteiger partial charge in [0.25, 0.3) is 0 Å². The van der Waals surface area contributed by atoms with Gasteiger partial charge >= 0.3 is 0 Å². The Hall–Kier alpha value is -1.43. The smallest absolute Gasteiger partial charge is 0.176 e. The van der Waals surface area contributed by atoms with Gasteiger partial charge in [-0.1, -0.05) is 0 Å². The van der Waals surface area contributed by atoms with Crippen LogP contribution in [-0.4, -0.2) is 62.9 Å². The van der Waals surface area contributed by atoms with Gasteiger partial charge in [0.05, 0.1) is 26.9 Å². The van der Waals surface area contributed by atoms with Crippen molar-refractivity contribution < 1.29 is 19.4 Å². The molecule has 0 atom stereocenters. The predicted octanol–water partition coefficient (Wildman–Crippen LogP) is 0.819. The molecule has 0 bridgehead atoms. The number of rotatable bonds is 9. The van der Waals surface area contributed by atoms with E-state index in [-0.39, 0.29) is 18.9 Å². The second kappa shape index (κ2) is 8.63. The number of hydrogen-bond donors (Lipinski definition) is 1. The number of ketones is 1. The van der Waals surface area contributed by atoms with E-state index in [0.29, 0.717) is 25.3 Å². The molecule has 1 rings (SSSR count). The van der Waals surface area contributed by atoms with E-state index in [1.54, 1.807) is 38.5 Å². The highest BCUT2D eigenvalue weighted by Gasteiger charge is 2.12. The van der Waals surface area contributed by atoms with Gasteiger partial charge in [0.15, 0.2) is 5.78 Å². The first kappa shape index (κ1) is 15.6. The van der Waals surface area contributed by atoms with Crippen molar-refractivity contribution in [1.29, 1.82) is 0 Å². The second-order valence-corrected chi connectivity index (χ2v) is 4.14. The van der Waals surface area contributed by atoms with Gasteiger partial charge in [-0.15, -0.1) is 0 Å². The van der Waals surface area contributed by atoms with Crippen LogP contribution < -0.4 is 4.74 Å². The van der Waals surface area contributed by atoms with E-state index in [0.717, 1.165) is 5.75 Å². The summed E-state index contributed by atoms with van der Waals surface area (Å²) in [7, 11) is 3.20. The molecule has 5 nitrogen and oxygen atoms in total. The zero-order valence-electron chi connectivity index (χ0n) is 11.5. The summed E-state index contributed by atoms with van der Waals surface area (Å²) >= 11 is 0. The van der Waals surface area contributed by atoms with Crippen LogP contribution in [-0.2, 0) is 4.74 Å². The molecule has 19 heavy (non-hydrogen) atoms. The minimum Gasteiger partial charge on any atom is -0.497 e. The van der Waals surface area contributed by atoms with Crippen molar-refractivity contribution in [2.45, 2.75) is 0 Å². The minimum absolute atomic E-state index is 0.0206. The van der Waals surface area contributed by atoms with Crippen molar-refractivity contribution in [1.82, 2.24) is 4.90 Å². The number of methoxy groups -OCH3 is 2. The first-order chi connectivity index (χ1) is 9.21. The molecule has 0 fully saturated rings. The Morgan fingerprint density at radius 3 is 2.42 bits per heavy atom. The lowest BCUT2D eigenvalue weighted by molar-refractivity contribution is 0.0868. The first-order valence-electron chi connectivity index (χ1n) is 6.20. The molecule has 1 aromatic carbocycles. The van der Waals surface area contributed by atoms with Gasteiger partial charge in [-0.3, -0.25) is 9.69 Å². The largest absolute Gasteiger partial charge is 0.497 e. The van der Waals surface area contributed by atoms with Crippen LogP contribution in [0.1, 0.15) is 10.4 Å². The van der Waals surface area contributed by atoms with Crippen LogP contribution in [0.15, 0.2) is 24.3 Å². The fraction of sp³-hybridized carbons (Fsp3) is 0.500. The first-order valence-corrected chi connectivity index (χ1v) is 6.20. The van der Waals surface area contributed by atoms with E-state index >= 15 is 0 Å². The van der Waals surface area contributed by atoms with Crippen molar-refractivity contribution in [3.8, 4) is 5.75 Å². The van der Waals surface area contributed by atoms with E-state index in [4.69, 9.17) is 14.6 Å². The van der Waals surface area contributed by atoms with Gasteiger partial charge in [-0.2, -0.15) is 0 Å². The summed E-state index contributed by atoms with van der Waals surface area (Å²) in [6, 6.07) is 7.01. The Bertz CT molecular complexity index is 378. The van der Waals surface area contributed by atoms with Gasteiger partial charge in [0.1, 0.15) is 5.75 Å². The summed E-state index contributed by atoms with van der Waals surface area (Å²) in [5, 5.41) is 8.98. The molecule has 0 unspecified atom stereocenters. The van der Waals surface area contributed by atoms with E-state index in [2.05, 4.69) is 0 Å². The molecule has 106 valence electrons. The third-order valence-corrected chi connectivity index (χ3v) is 2.81. The molecule has 0 aliphatic carbocycles. The lowest BCUT2D eigenvalue weighted by Gasteiger charge is -2.19. The van der Waals surface area contributed by atoms with Crippen molar-refractivity contribution >= 4 is 5.78 Å². The number of benzene rings is 1. The maximum Gasteiger partial charge on any atom is 0.176 e. The highest BCUT2D eigenvalue weighted by atomic mass is 16.5. The van der Waals surface area contributed by atoms with Crippen molar-refractivity contribution in [2.24, 2.45) is 0 Å². The molecule has 0 aromatic heterocycles. The zero-order valence-corrected chi connectivity index (χ0v) is 11.5. The molecule has 5 heteroatoms. The number of ether oxygens (including phenoxy) is 2. The number of hydrogen-bond acceptors (Lipinski definition) is 5. The van der Waals surface area contributed by atoms with E-state index in [1.165, 1.54) is 0 Å². The Morgan fingerprint density at radius 2 is 1.89 bits per heavy atom. The average Bonchev–Trinajstić information content (AvgIpc) is 2.45. The molecule has 1 N–H and O–H groups in total. The van der Waals surface area contributed by atoms with Crippen LogP contribution in [0, 0.1) is 0 Å². The number of carbonyl (C=O) groups is 1. The van der Waals surface area contributed by atoms with Crippen LogP contribution in [0.3, 0.4) is 0 Å². The molecular formula is C14H21NO4. The highest BCUT2D eigenvalue weighted by Crippen LogP contribution is 2.12. The number of aliphatic hydroxyl groups excluding tert-OH is 1. The maximum absolute atomic E-state index is 12.1. The molecule has 0 aliphatic heterocycles. The maximum atomic E-state index is 12.1. The molecular weight excluding hydrogens is 246 g/mol. The zero-order chi connectivity index (χ0) is 14.1. The normalized spacial score (nSPS) is 10.7. The average molecular weight is 267 g/mol. The van der Waals surface area contributed by atoms with Gasteiger partial charge in [-0.05, 0) is 24.3 Å². The summed E-state index contributed by atoms with van der Waals surface area (Å²) in [4.78, 5) is 14.0. The Balaban J connectivity index is 2.58. The van der Waals surface area contributed by atoms with Gasteiger partial charge in [-0.25, -0.2) is 0 Å². The van der Waals surface area contributed by atoms with Crippen LogP contribution in [0.25, 0.3) is 0 Å². The van der Waals surface area contributed by atoms with Crippen LogP contribution in [0.5, 0.6) is 5.75 Å². The van der Waals surface area contributed by atoms with Crippen molar-refractivity contribution in [2.75, 3.05) is 47.1 Å². The number of carbonyl (C=O) groups excluding carboxylic acids is 1. The fourth-order valence-electron chi connectivity index (χ4n) is 1.70. The van der Waals surface area contributed by atoms with E-state index < -0.39 is 0 Å². The lowest BCUT2D eigenvalue weighted by Crippen LogP contribution is -2.35. The Kier molecular flexibility index (Phi) is 7.10. The fourth-order valence-corrected chi connectivity index (χ4v) is 1.70. The van der Waals surface area contributed by atoms with Crippen molar-refractivity contribution in [3.63, 3.8) is 0 Å². The molecule has 0 saturated carbocycles. The summed E-state index contributed by atoms with van der Waals surface area (Å²) in [6.07, 6.45) is 0. The predicted molar refractivity (Wildman–Crippen MR) is 72.7 cm³/mol. The summed E-state index contributed by atoms with van der Waals surface area (Å²) in [5.41, 5.74) is 0.640. The van der Waals surface area contributed by atoms with Gasteiger partial charge < -0.3 is 14.6 Å². The summed E-state index contributed by atoms with van der Waals surface area (Å²) in [5.74, 6) is 0.746. The molecule has 0 saturated heterocycles. The summed E-state index contributed by atoms with van der Waals surface area (Å²) in [6.45, 7) is 1.93. The molecule has 0 heterocycles. The van der Waals surface area contributed by atoms with Crippen LogP contribution in [0.2, 0.25) is 0 Å². The Labute approximate surface area is 113 Å². The van der Waals surface area contributed by atoms with Gasteiger partial charge in [0.2, 0.25) is 0 Å².